The molecular formula is C17H26N2O3. The number of nitrogens with one attached hydrogen (secondary N) is 1. The Kier molecular flexibility index (Phi) is 5.80. The molecule has 0 heterocycles. The summed E-state index contributed by atoms with van der Waals surface area (Å²) < 4.78 is 5.66. The molecule has 0 bridgehead atoms. The number of hydrogen-bond donors (Lipinski definition) is 2. The van der Waals surface area contributed by atoms with E-state index in [0.29, 0.717) is 19.1 Å². The molecule has 1 aromatic rings. The first kappa shape index (κ1) is 16.8. The lowest BCUT2D eigenvalue weighted by Crippen LogP contribution is -2.40. The number of amides is 1. The van der Waals surface area contributed by atoms with Gasteiger partial charge in [-0.05, 0) is 45.4 Å². The summed E-state index contributed by atoms with van der Waals surface area (Å²) in [7, 11) is 1.83. The van der Waals surface area contributed by atoms with Gasteiger partial charge in [0.2, 0.25) is 5.91 Å². The number of aliphatic hydroxyl groups is 1. The summed E-state index contributed by atoms with van der Waals surface area (Å²) in [6.45, 7) is 4.95. The number of nitrogens with zero attached hydrogens (tertiary/aromatic N) is 1. The van der Waals surface area contributed by atoms with Crippen LogP contribution < -0.4 is 10.1 Å². The van der Waals surface area contributed by atoms with Gasteiger partial charge < -0.3 is 15.2 Å². The van der Waals surface area contributed by atoms with Crippen LogP contribution in [0.1, 0.15) is 24.0 Å². The SMILES string of the molecule is Cc1ccc(OCC(O)CN(C)CC(=O)NC2CC2)c(C)c1. The van der Waals surface area contributed by atoms with Gasteiger partial charge in [0.05, 0.1) is 6.54 Å². The largest absolute Gasteiger partial charge is 0.491 e. The average Bonchev–Trinajstić information content (AvgIpc) is 3.21. The Morgan fingerprint density at radius 2 is 2.18 bits per heavy atom. The molecule has 122 valence electrons. The summed E-state index contributed by atoms with van der Waals surface area (Å²) in [6.07, 6.45) is 1.54. The highest BCUT2D eigenvalue weighted by Crippen LogP contribution is 2.19. The molecule has 0 aromatic heterocycles. The van der Waals surface area contributed by atoms with Gasteiger partial charge in [0.1, 0.15) is 18.5 Å². The van der Waals surface area contributed by atoms with E-state index >= 15 is 0 Å². The fourth-order valence-corrected chi connectivity index (χ4v) is 2.37. The van der Waals surface area contributed by atoms with Crippen molar-refractivity contribution in [2.75, 3.05) is 26.7 Å². The van der Waals surface area contributed by atoms with E-state index in [1.807, 2.05) is 37.9 Å². The molecule has 1 fully saturated rings. The third kappa shape index (κ3) is 5.66. The summed E-state index contributed by atoms with van der Waals surface area (Å²) in [4.78, 5) is 13.5. The molecule has 0 spiro atoms. The van der Waals surface area contributed by atoms with Gasteiger partial charge in [-0.15, -0.1) is 0 Å². The fraction of sp³-hybridized carbons (Fsp3) is 0.588. The Hall–Kier alpha value is -1.59. The second kappa shape index (κ2) is 7.61. The Labute approximate surface area is 132 Å². The van der Waals surface area contributed by atoms with Crippen LogP contribution in [0.15, 0.2) is 18.2 Å². The zero-order valence-corrected chi connectivity index (χ0v) is 13.6. The number of likely N-dealkylation sites (N-methyl/N-ethyl adjacent to an activating group) is 1. The van der Waals surface area contributed by atoms with Crippen LogP contribution in [0, 0.1) is 13.8 Å². The van der Waals surface area contributed by atoms with Gasteiger partial charge in [0.25, 0.3) is 0 Å². The summed E-state index contributed by atoms with van der Waals surface area (Å²) in [5, 5.41) is 13.0. The lowest BCUT2D eigenvalue weighted by molar-refractivity contribution is -0.122. The van der Waals surface area contributed by atoms with Crippen LogP contribution in [0.25, 0.3) is 0 Å². The molecular weight excluding hydrogens is 280 g/mol. The second-order valence-corrected chi connectivity index (χ2v) is 6.27. The van der Waals surface area contributed by atoms with Gasteiger partial charge >= 0.3 is 0 Å². The molecule has 0 aliphatic heterocycles. The summed E-state index contributed by atoms with van der Waals surface area (Å²) in [5.41, 5.74) is 2.25. The van der Waals surface area contributed by atoms with Gasteiger partial charge in [-0.2, -0.15) is 0 Å². The van der Waals surface area contributed by atoms with E-state index in [9.17, 15) is 9.90 Å². The normalized spacial score (nSPS) is 15.7. The van der Waals surface area contributed by atoms with Gasteiger partial charge in [-0.25, -0.2) is 0 Å². The zero-order chi connectivity index (χ0) is 16.1. The monoisotopic (exact) mass is 306 g/mol. The number of aliphatic hydroxyl groups excluding tert-OH is 1. The molecule has 1 unspecified atom stereocenters. The molecule has 1 saturated carbocycles. The average molecular weight is 306 g/mol. The van der Waals surface area contributed by atoms with Gasteiger partial charge in [0.15, 0.2) is 0 Å². The molecule has 0 saturated heterocycles. The van der Waals surface area contributed by atoms with Crippen LogP contribution >= 0.6 is 0 Å². The van der Waals surface area contributed by atoms with Crippen molar-refractivity contribution in [2.24, 2.45) is 0 Å². The van der Waals surface area contributed by atoms with Gasteiger partial charge in [-0.1, -0.05) is 17.7 Å². The number of carbonyl (C=O) groups is 1. The Balaban J connectivity index is 1.69. The van der Waals surface area contributed by atoms with Crippen LogP contribution in [0.2, 0.25) is 0 Å². The minimum absolute atomic E-state index is 0.0208. The topological polar surface area (TPSA) is 61.8 Å². The molecule has 2 rings (SSSR count). The quantitative estimate of drug-likeness (QED) is 0.759. The molecule has 1 atom stereocenters. The molecule has 5 nitrogen and oxygen atoms in total. The van der Waals surface area contributed by atoms with E-state index in [1.54, 1.807) is 0 Å². The van der Waals surface area contributed by atoms with Crippen molar-refractivity contribution in [1.82, 2.24) is 10.2 Å². The standard InChI is InChI=1S/C17H26N2O3/c1-12-4-7-16(13(2)8-12)22-11-15(20)9-19(3)10-17(21)18-14-5-6-14/h4,7-8,14-15,20H,5-6,9-11H2,1-3H3,(H,18,21). The van der Waals surface area contributed by atoms with E-state index in [4.69, 9.17) is 4.74 Å². The highest BCUT2D eigenvalue weighted by atomic mass is 16.5. The maximum atomic E-state index is 11.7. The van der Waals surface area contributed by atoms with Gasteiger partial charge in [0, 0.05) is 12.6 Å². The maximum Gasteiger partial charge on any atom is 0.234 e. The smallest absolute Gasteiger partial charge is 0.234 e. The first-order chi connectivity index (χ1) is 10.4. The van der Waals surface area contributed by atoms with Crippen LogP contribution in [-0.2, 0) is 4.79 Å². The third-order valence-electron chi connectivity index (χ3n) is 3.64. The molecule has 2 N–H and O–H groups in total. The van der Waals surface area contributed by atoms with Gasteiger partial charge in [-0.3, -0.25) is 9.69 Å². The lowest BCUT2D eigenvalue weighted by atomic mass is 10.1. The first-order valence-corrected chi connectivity index (χ1v) is 7.80. The Bertz CT molecular complexity index is 515. The summed E-state index contributed by atoms with van der Waals surface area (Å²) >= 11 is 0. The Morgan fingerprint density at radius 3 is 2.82 bits per heavy atom. The maximum absolute atomic E-state index is 11.7. The predicted molar refractivity (Wildman–Crippen MR) is 86.1 cm³/mol. The fourth-order valence-electron chi connectivity index (χ4n) is 2.37. The Morgan fingerprint density at radius 1 is 1.45 bits per heavy atom. The van der Waals surface area contributed by atoms with Crippen LogP contribution in [0.5, 0.6) is 5.75 Å². The van der Waals surface area contributed by atoms with Crippen molar-refractivity contribution in [3.8, 4) is 5.75 Å². The van der Waals surface area contributed by atoms with Crippen LogP contribution in [0.4, 0.5) is 0 Å². The highest BCUT2D eigenvalue weighted by molar-refractivity contribution is 5.78. The number of benzene rings is 1. The molecule has 0 radical (unpaired) electrons. The number of carbonyl (C=O) groups excluding carboxylic acids is 1. The van der Waals surface area contributed by atoms with Crippen molar-refractivity contribution in [3.63, 3.8) is 0 Å². The van der Waals surface area contributed by atoms with Crippen LogP contribution in [0.3, 0.4) is 0 Å². The first-order valence-electron chi connectivity index (χ1n) is 7.80. The number of rotatable bonds is 8. The molecule has 22 heavy (non-hydrogen) atoms. The lowest BCUT2D eigenvalue weighted by Gasteiger charge is -2.20. The van der Waals surface area contributed by atoms with E-state index in [0.717, 1.165) is 24.2 Å². The third-order valence-corrected chi connectivity index (χ3v) is 3.64. The van der Waals surface area contributed by atoms with Crippen molar-refractivity contribution in [3.05, 3.63) is 29.3 Å². The van der Waals surface area contributed by atoms with E-state index in [-0.39, 0.29) is 12.5 Å². The van der Waals surface area contributed by atoms with E-state index in [1.165, 1.54) is 5.56 Å². The van der Waals surface area contributed by atoms with Crippen molar-refractivity contribution < 1.29 is 14.6 Å². The molecule has 1 aliphatic rings. The summed E-state index contributed by atoms with van der Waals surface area (Å²) in [5.74, 6) is 0.811. The molecule has 1 amide bonds. The summed E-state index contributed by atoms with van der Waals surface area (Å²) in [6, 6.07) is 6.34. The molecule has 5 heteroatoms. The van der Waals surface area contributed by atoms with Crippen molar-refractivity contribution in [1.29, 1.82) is 0 Å². The number of hydrogen-bond acceptors (Lipinski definition) is 4. The highest BCUT2D eigenvalue weighted by Gasteiger charge is 2.23. The van der Waals surface area contributed by atoms with E-state index in [2.05, 4.69) is 11.4 Å². The van der Waals surface area contributed by atoms with Crippen molar-refractivity contribution >= 4 is 5.91 Å². The van der Waals surface area contributed by atoms with Crippen molar-refractivity contribution in [2.45, 2.75) is 38.8 Å². The second-order valence-electron chi connectivity index (χ2n) is 6.27. The minimum atomic E-state index is -0.626. The van der Waals surface area contributed by atoms with E-state index < -0.39 is 6.10 Å². The molecule has 1 aliphatic carbocycles. The predicted octanol–water partition coefficient (Wildman–Crippen LogP) is 1.25. The zero-order valence-electron chi connectivity index (χ0n) is 13.6. The number of aryl methyl sites for hydroxylation is 2. The van der Waals surface area contributed by atoms with Crippen LogP contribution in [-0.4, -0.2) is 54.8 Å². The number of ether oxygens (including phenoxy) is 1. The minimum Gasteiger partial charge on any atom is -0.491 e. The molecule has 1 aromatic carbocycles.